The first kappa shape index (κ1) is 15.4. The quantitative estimate of drug-likeness (QED) is 0.811. The lowest BCUT2D eigenvalue weighted by molar-refractivity contribution is -0.138. The van der Waals surface area contributed by atoms with E-state index in [4.69, 9.17) is 5.11 Å². The molecule has 0 bridgehead atoms. The third-order valence-electron chi connectivity index (χ3n) is 3.87. The van der Waals surface area contributed by atoms with Gasteiger partial charge in [-0.2, -0.15) is 11.8 Å². The first-order valence-electron chi connectivity index (χ1n) is 7.11. The van der Waals surface area contributed by atoms with Gasteiger partial charge in [0.1, 0.15) is 0 Å². The van der Waals surface area contributed by atoms with Crippen LogP contribution in [-0.4, -0.2) is 89.1 Å². The van der Waals surface area contributed by atoms with Gasteiger partial charge in [-0.3, -0.25) is 4.79 Å². The molecule has 6 nitrogen and oxygen atoms in total. The van der Waals surface area contributed by atoms with Crippen molar-refractivity contribution in [1.82, 2.24) is 14.7 Å². The summed E-state index contributed by atoms with van der Waals surface area (Å²) in [5.74, 6) is 0.799. The molecule has 1 unspecified atom stereocenters. The van der Waals surface area contributed by atoms with Gasteiger partial charge in [0.2, 0.25) is 0 Å². The highest BCUT2D eigenvalue weighted by Gasteiger charge is 2.32. The number of nitrogens with zero attached hydrogens (tertiary/aromatic N) is 3. The molecule has 2 rings (SSSR count). The SMILES string of the molecule is CN1CCCN(C(=O)N2CCSCC2CC(=O)O)CC1. The lowest BCUT2D eigenvalue weighted by atomic mass is 10.2. The van der Waals surface area contributed by atoms with Crippen LogP contribution >= 0.6 is 11.8 Å². The van der Waals surface area contributed by atoms with Crippen LogP contribution in [0.15, 0.2) is 0 Å². The van der Waals surface area contributed by atoms with Crippen LogP contribution in [-0.2, 0) is 4.79 Å². The molecular formula is C13H23N3O3S. The van der Waals surface area contributed by atoms with Crippen LogP contribution in [0.1, 0.15) is 12.8 Å². The number of likely N-dealkylation sites (N-methyl/N-ethyl adjacent to an activating group) is 1. The number of urea groups is 1. The van der Waals surface area contributed by atoms with E-state index in [2.05, 4.69) is 11.9 Å². The van der Waals surface area contributed by atoms with Gasteiger partial charge in [-0.1, -0.05) is 0 Å². The first-order chi connectivity index (χ1) is 9.58. The van der Waals surface area contributed by atoms with Crippen LogP contribution in [0, 0.1) is 0 Å². The Hall–Kier alpha value is -0.950. The molecule has 2 heterocycles. The molecule has 1 N–H and O–H groups in total. The minimum Gasteiger partial charge on any atom is -0.481 e. The Bertz CT molecular complexity index is 367. The Balaban J connectivity index is 1.99. The Kier molecular flexibility index (Phi) is 5.54. The third-order valence-corrected chi connectivity index (χ3v) is 4.97. The Morgan fingerprint density at radius 1 is 1.20 bits per heavy atom. The lowest BCUT2D eigenvalue weighted by Crippen LogP contribution is -2.53. The first-order valence-corrected chi connectivity index (χ1v) is 8.27. The number of carbonyl (C=O) groups excluding carboxylic acids is 1. The molecule has 0 radical (unpaired) electrons. The molecule has 7 heteroatoms. The molecular weight excluding hydrogens is 278 g/mol. The molecule has 2 fully saturated rings. The van der Waals surface area contributed by atoms with Crippen LogP contribution in [0.2, 0.25) is 0 Å². The summed E-state index contributed by atoms with van der Waals surface area (Å²) < 4.78 is 0. The van der Waals surface area contributed by atoms with Crippen molar-refractivity contribution >= 4 is 23.8 Å². The highest BCUT2D eigenvalue weighted by atomic mass is 32.2. The van der Waals surface area contributed by atoms with Crippen LogP contribution in [0.25, 0.3) is 0 Å². The summed E-state index contributed by atoms with van der Waals surface area (Å²) in [6.07, 6.45) is 1.03. The molecule has 2 saturated heterocycles. The largest absolute Gasteiger partial charge is 0.481 e. The number of thioether (sulfide) groups is 1. The average molecular weight is 301 g/mol. The number of carboxylic acids is 1. The monoisotopic (exact) mass is 301 g/mol. The number of aliphatic carboxylic acids is 1. The maximum Gasteiger partial charge on any atom is 0.320 e. The van der Waals surface area contributed by atoms with Gasteiger partial charge in [-0.05, 0) is 20.0 Å². The molecule has 2 amide bonds. The minimum atomic E-state index is -0.828. The van der Waals surface area contributed by atoms with Crippen molar-refractivity contribution in [2.75, 3.05) is 51.3 Å². The van der Waals surface area contributed by atoms with Gasteiger partial charge in [0.05, 0.1) is 12.5 Å². The van der Waals surface area contributed by atoms with Crippen molar-refractivity contribution < 1.29 is 14.7 Å². The Morgan fingerprint density at radius 2 is 2.00 bits per heavy atom. The Morgan fingerprint density at radius 3 is 2.75 bits per heavy atom. The predicted octanol–water partition coefficient (Wildman–Crippen LogP) is 0.636. The van der Waals surface area contributed by atoms with E-state index in [0.29, 0.717) is 6.54 Å². The van der Waals surface area contributed by atoms with Crippen LogP contribution < -0.4 is 0 Å². The highest BCUT2D eigenvalue weighted by molar-refractivity contribution is 7.99. The zero-order chi connectivity index (χ0) is 14.5. The van der Waals surface area contributed by atoms with Crippen molar-refractivity contribution in [1.29, 1.82) is 0 Å². The lowest BCUT2D eigenvalue weighted by Gasteiger charge is -2.38. The molecule has 0 aromatic carbocycles. The molecule has 114 valence electrons. The summed E-state index contributed by atoms with van der Waals surface area (Å²) in [5, 5.41) is 8.99. The number of hydrogen-bond acceptors (Lipinski definition) is 4. The smallest absolute Gasteiger partial charge is 0.320 e. The summed E-state index contributed by atoms with van der Waals surface area (Å²) in [6.45, 7) is 4.06. The van der Waals surface area contributed by atoms with Gasteiger partial charge >= 0.3 is 12.0 Å². The van der Waals surface area contributed by atoms with E-state index in [1.54, 1.807) is 16.7 Å². The van der Waals surface area contributed by atoms with Crippen LogP contribution in [0.3, 0.4) is 0 Å². The fraction of sp³-hybridized carbons (Fsp3) is 0.846. The average Bonchev–Trinajstić information content (AvgIpc) is 2.63. The van der Waals surface area contributed by atoms with Gasteiger partial charge in [0.25, 0.3) is 0 Å². The summed E-state index contributed by atoms with van der Waals surface area (Å²) in [6, 6.07) is -0.147. The normalized spacial score (nSPS) is 25.4. The van der Waals surface area contributed by atoms with Gasteiger partial charge in [0, 0.05) is 37.7 Å². The van der Waals surface area contributed by atoms with Crippen molar-refractivity contribution in [2.24, 2.45) is 0 Å². The van der Waals surface area contributed by atoms with E-state index < -0.39 is 5.97 Å². The molecule has 2 aliphatic rings. The molecule has 2 aliphatic heterocycles. The van der Waals surface area contributed by atoms with Crippen molar-refractivity contribution in [3.8, 4) is 0 Å². The number of rotatable bonds is 2. The number of hydrogen-bond donors (Lipinski definition) is 1. The third kappa shape index (κ3) is 4.02. The second kappa shape index (κ2) is 7.17. The fourth-order valence-electron chi connectivity index (χ4n) is 2.70. The molecule has 0 spiro atoms. The standard InChI is InChI=1S/C13H23N3O3S/c1-14-3-2-4-15(6-5-14)13(19)16-7-8-20-10-11(16)9-12(17)18/h11H,2-10H2,1H3,(H,17,18). The zero-order valence-corrected chi connectivity index (χ0v) is 12.8. The van der Waals surface area contributed by atoms with Gasteiger partial charge in [-0.25, -0.2) is 4.79 Å². The van der Waals surface area contributed by atoms with E-state index in [9.17, 15) is 9.59 Å². The second-order valence-electron chi connectivity index (χ2n) is 5.45. The van der Waals surface area contributed by atoms with Crippen molar-refractivity contribution in [3.05, 3.63) is 0 Å². The number of carbonyl (C=O) groups is 2. The topological polar surface area (TPSA) is 64.1 Å². The maximum absolute atomic E-state index is 12.6. The zero-order valence-electron chi connectivity index (χ0n) is 12.0. The molecule has 20 heavy (non-hydrogen) atoms. The van der Waals surface area contributed by atoms with E-state index in [-0.39, 0.29) is 18.5 Å². The molecule has 0 aromatic rings. The molecule has 1 atom stereocenters. The maximum atomic E-state index is 12.6. The van der Waals surface area contributed by atoms with Crippen LogP contribution in [0.4, 0.5) is 4.79 Å². The second-order valence-corrected chi connectivity index (χ2v) is 6.60. The highest BCUT2D eigenvalue weighted by Crippen LogP contribution is 2.21. The molecule has 0 aliphatic carbocycles. The van der Waals surface area contributed by atoms with E-state index in [1.165, 1.54) is 0 Å². The van der Waals surface area contributed by atoms with Gasteiger partial charge < -0.3 is 19.8 Å². The molecule has 0 aromatic heterocycles. The van der Waals surface area contributed by atoms with E-state index in [1.807, 2.05) is 4.90 Å². The summed E-state index contributed by atoms with van der Waals surface area (Å²) in [7, 11) is 2.07. The summed E-state index contributed by atoms with van der Waals surface area (Å²) in [5.41, 5.74) is 0. The summed E-state index contributed by atoms with van der Waals surface area (Å²) in [4.78, 5) is 29.5. The number of carboxylic acid groups (broad SMARTS) is 1. The van der Waals surface area contributed by atoms with E-state index in [0.717, 1.165) is 44.1 Å². The molecule has 0 saturated carbocycles. The predicted molar refractivity (Wildman–Crippen MR) is 79.2 cm³/mol. The summed E-state index contributed by atoms with van der Waals surface area (Å²) >= 11 is 1.73. The van der Waals surface area contributed by atoms with Crippen molar-refractivity contribution in [2.45, 2.75) is 18.9 Å². The minimum absolute atomic E-state index is 0.0202. The van der Waals surface area contributed by atoms with Gasteiger partial charge in [-0.15, -0.1) is 0 Å². The van der Waals surface area contributed by atoms with E-state index >= 15 is 0 Å². The number of amides is 2. The van der Waals surface area contributed by atoms with Gasteiger partial charge in [0.15, 0.2) is 0 Å². The fourth-order valence-corrected chi connectivity index (χ4v) is 3.76. The van der Waals surface area contributed by atoms with Crippen LogP contribution in [0.5, 0.6) is 0 Å². The van der Waals surface area contributed by atoms with Crippen molar-refractivity contribution in [3.63, 3.8) is 0 Å². The Labute approximate surface area is 124 Å².